The Bertz CT molecular complexity index is 284. The van der Waals surface area contributed by atoms with Crippen LogP contribution in [0.5, 0.6) is 6.01 Å². The van der Waals surface area contributed by atoms with Crippen LogP contribution in [0.25, 0.3) is 0 Å². The molecule has 1 saturated carbocycles. The maximum absolute atomic E-state index is 5.35. The van der Waals surface area contributed by atoms with Gasteiger partial charge in [0.1, 0.15) is 0 Å². The molecular weight excluding hydrogens is 164 g/mol. The molecule has 0 radical (unpaired) electrons. The zero-order valence-corrected chi connectivity index (χ0v) is 7.86. The molecule has 1 fully saturated rings. The lowest BCUT2D eigenvalue weighted by atomic mass is 10.3. The molecule has 0 aromatic carbocycles. The van der Waals surface area contributed by atoms with E-state index in [4.69, 9.17) is 4.74 Å². The normalized spacial score (nSPS) is 15.8. The van der Waals surface area contributed by atoms with E-state index in [2.05, 4.69) is 16.9 Å². The number of nitrogens with zero attached hydrogens (tertiary/aromatic N) is 2. The predicted molar refractivity (Wildman–Crippen MR) is 49.8 cm³/mol. The number of ether oxygens (including phenoxy) is 1. The SMILES string of the molecule is CCCOc1nccc(C2CC2)n1. The van der Waals surface area contributed by atoms with Gasteiger partial charge >= 0.3 is 6.01 Å². The third-order valence-electron chi connectivity index (χ3n) is 2.09. The number of aromatic nitrogens is 2. The first-order valence-electron chi connectivity index (χ1n) is 4.86. The molecule has 3 heteroatoms. The van der Waals surface area contributed by atoms with Crippen molar-refractivity contribution in [3.8, 4) is 6.01 Å². The van der Waals surface area contributed by atoms with Gasteiger partial charge in [-0.1, -0.05) is 6.92 Å². The minimum absolute atomic E-state index is 0.534. The fraction of sp³-hybridized carbons (Fsp3) is 0.600. The molecular formula is C10H14N2O. The molecule has 3 nitrogen and oxygen atoms in total. The Morgan fingerprint density at radius 2 is 2.38 bits per heavy atom. The topological polar surface area (TPSA) is 35.0 Å². The van der Waals surface area contributed by atoms with Gasteiger partial charge in [0.05, 0.1) is 12.3 Å². The molecule has 0 unspecified atom stereocenters. The molecule has 0 N–H and O–H groups in total. The quantitative estimate of drug-likeness (QED) is 0.708. The van der Waals surface area contributed by atoms with Crippen molar-refractivity contribution in [1.82, 2.24) is 9.97 Å². The van der Waals surface area contributed by atoms with Gasteiger partial charge in [-0.25, -0.2) is 4.98 Å². The molecule has 1 heterocycles. The van der Waals surface area contributed by atoms with Crippen molar-refractivity contribution >= 4 is 0 Å². The van der Waals surface area contributed by atoms with Crippen molar-refractivity contribution in [2.24, 2.45) is 0 Å². The summed E-state index contributed by atoms with van der Waals surface area (Å²) in [7, 11) is 0. The standard InChI is InChI=1S/C10H14N2O/c1-2-7-13-10-11-6-5-9(12-10)8-3-4-8/h5-6,8H,2-4,7H2,1H3. The molecule has 2 rings (SSSR count). The van der Waals surface area contributed by atoms with E-state index < -0.39 is 0 Å². The molecule has 70 valence electrons. The first-order chi connectivity index (χ1) is 6.40. The summed E-state index contributed by atoms with van der Waals surface area (Å²) in [5.74, 6) is 0.673. The van der Waals surface area contributed by atoms with Crippen LogP contribution in [-0.4, -0.2) is 16.6 Å². The zero-order chi connectivity index (χ0) is 9.10. The molecule has 0 aliphatic heterocycles. The molecule has 0 atom stereocenters. The van der Waals surface area contributed by atoms with Gasteiger partial charge in [0, 0.05) is 12.1 Å². The monoisotopic (exact) mass is 178 g/mol. The fourth-order valence-electron chi connectivity index (χ4n) is 1.22. The molecule has 1 aliphatic rings. The second-order valence-electron chi connectivity index (χ2n) is 3.39. The summed E-state index contributed by atoms with van der Waals surface area (Å²) in [4.78, 5) is 8.39. The first-order valence-corrected chi connectivity index (χ1v) is 4.86. The Balaban J connectivity index is 2.03. The van der Waals surface area contributed by atoms with E-state index >= 15 is 0 Å². The summed E-state index contributed by atoms with van der Waals surface area (Å²) in [5.41, 5.74) is 1.14. The summed E-state index contributed by atoms with van der Waals surface area (Å²) in [6.45, 7) is 2.78. The van der Waals surface area contributed by atoms with Crippen LogP contribution in [0.4, 0.5) is 0 Å². The Labute approximate surface area is 78.2 Å². The minimum Gasteiger partial charge on any atom is -0.463 e. The summed E-state index contributed by atoms with van der Waals surface area (Å²) in [5, 5.41) is 0. The highest BCUT2D eigenvalue weighted by atomic mass is 16.5. The van der Waals surface area contributed by atoms with Gasteiger partial charge in [0.25, 0.3) is 0 Å². The molecule has 0 amide bonds. The second kappa shape index (κ2) is 3.73. The average Bonchev–Trinajstić information content (AvgIpc) is 2.98. The highest BCUT2D eigenvalue weighted by Gasteiger charge is 2.25. The van der Waals surface area contributed by atoms with Gasteiger partial charge in [-0.15, -0.1) is 0 Å². The summed E-state index contributed by atoms with van der Waals surface area (Å²) in [6, 6.07) is 2.52. The van der Waals surface area contributed by atoms with Gasteiger partial charge in [-0.2, -0.15) is 4.98 Å². The van der Waals surface area contributed by atoms with E-state index in [0.717, 1.165) is 12.1 Å². The Morgan fingerprint density at radius 1 is 1.54 bits per heavy atom. The number of rotatable bonds is 4. The largest absolute Gasteiger partial charge is 0.463 e. The molecule has 0 bridgehead atoms. The van der Waals surface area contributed by atoms with Gasteiger partial charge in [0.15, 0.2) is 0 Å². The van der Waals surface area contributed by atoms with Crippen molar-refractivity contribution in [3.63, 3.8) is 0 Å². The van der Waals surface area contributed by atoms with Gasteiger partial charge in [-0.05, 0) is 25.3 Å². The maximum atomic E-state index is 5.35. The van der Waals surface area contributed by atoms with Crippen LogP contribution >= 0.6 is 0 Å². The third-order valence-corrected chi connectivity index (χ3v) is 2.09. The van der Waals surface area contributed by atoms with E-state index in [0.29, 0.717) is 18.5 Å². The third kappa shape index (κ3) is 2.17. The highest BCUT2D eigenvalue weighted by molar-refractivity contribution is 5.15. The molecule has 0 spiro atoms. The van der Waals surface area contributed by atoms with E-state index in [1.807, 2.05) is 6.07 Å². The lowest BCUT2D eigenvalue weighted by Gasteiger charge is -2.03. The number of hydrogen-bond donors (Lipinski definition) is 0. The van der Waals surface area contributed by atoms with Gasteiger partial charge in [0.2, 0.25) is 0 Å². The van der Waals surface area contributed by atoms with Crippen molar-refractivity contribution in [2.75, 3.05) is 6.61 Å². The predicted octanol–water partition coefficient (Wildman–Crippen LogP) is 2.14. The fourth-order valence-corrected chi connectivity index (χ4v) is 1.22. The zero-order valence-electron chi connectivity index (χ0n) is 7.86. The van der Waals surface area contributed by atoms with Crippen molar-refractivity contribution < 1.29 is 4.74 Å². The Kier molecular flexibility index (Phi) is 2.43. The van der Waals surface area contributed by atoms with Crippen LogP contribution < -0.4 is 4.74 Å². The van der Waals surface area contributed by atoms with E-state index in [-0.39, 0.29) is 0 Å². The van der Waals surface area contributed by atoms with Crippen LogP contribution in [0, 0.1) is 0 Å². The summed E-state index contributed by atoms with van der Waals surface area (Å²) >= 11 is 0. The van der Waals surface area contributed by atoms with Crippen LogP contribution in [0.3, 0.4) is 0 Å². The van der Waals surface area contributed by atoms with Gasteiger partial charge < -0.3 is 4.74 Å². The molecule has 1 aromatic rings. The van der Waals surface area contributed by atoms with Gasteiger partial charge in [-0.3, -0.25) is 0 Å². The summed E-state index contributed by atoms with van der Waals surface area (Å²) in [6.07, 6.45) is 5.32. The number of hydrogen-bond acceptors (Lipinski definition) is 3. The molecule has 0 saturated heterocycles. The molecule has 13 heavy (non-hydrogen) atoms. The Hall–Kier alpha value is -1.12. The van der Waals surface area contributed by atoms with Crippen molar-refractivity contribution in [1.29, 1.82) is 0 Å². The van der Waals surface area contributed by atoms with Crippen LogP contribution in [-0.2, 0) is 0 Å². The average molecular weight is 178 g/mol. The molecule has 1 aromatic heterocycles. The van der Waals surface area contributed by atoms with Crippen LogP contribution in [0.2, 0.25) is 0 Å². The van der Waals surface area contributed by atoms with E-state index in [1.54, 1.807) is 6.20 Å². The highest BCUT2D eigenvalue weighted by Crippen LogP contribution is 2.38. The summed E-state index contributed by atoms with van der Waals surface area (Å²) < 4.78 is 5.35. The smallest absolute Gasteiger partial charge is 0.316 e. The van der Waals surface area contributed by atoms with Crippen LogP contribution in [0.1, 0.15) is 37.8 Å². The van der Waals surface area contributed by atoms with Crippen molar-refractivity contribution in [2.45, 2.75) is 32.1 Å². The second-order valence-corrected chi connectivity index (χ2v) is 3.39. The van der Waals surface area contributed by atoms with E-state index in [9.17, 15) is 0 Å². The first kappa shape index (κ1) is 8.48. The lowest BCUT2D eigenvalue weighted by Crippen LogP contribution is -2.00. The minimum atomic E-state index is 0.534. The van der Waals surface area contributed by atoms with E-state index in [1.165, 1.54) is 12.8 Å². The molecule has 1 aliphatic carbocycles. The van der Waals surface area contributed by atoms with Crippen molar-refractivity contribution in [3.05, 3.63) is 18.0 Å². The lowest BCUT2D eigenvalue weighted by molar-refractivity contribution is 0.291. The van der Waals surface area contributed by atoms with Crippen LogP contribution in [0.15, 0.2) is 12.3 Å². The maximum Gasteiger partial charge on any atom is 0.316 e. The Morgan fingerprint density at radius 3 is 3.08 bits per heavy atom.